The van der Waals surface area contributed by atoms with Crippen molar-refractivity contribution in [2.24, 2.45) is 0 Å². The molecule has 0 spiro atoms. The van der Waals surface area contributed by atoms with Crippen LogP contribution in [-0.4, -0.2) is 22.1 Å². The van der Waals surface area contributed by atoms with Crippen LogP contribution < -0.4 is 4.74 Å². The molecule has 5 heteroatoms. The van der Waals surface area contributed by atoms with Crippen molar-refractivity contribution in [3.05, 3.63) is 11.1 Å². The zero-order chi connectivity index (χ0) is 11.1. The molecule has 0 bridgehead atoms. The van der Waals surface area contributed by atoms with Crippen molar-refractivity contribution in [1.29, 1.82) is 0 Å². The molecule has 1 aromatic heterocycles. The van der Waals surface area contributed by atoms with E-state index < -0.39 is 0 Å². The Morgan fingerprint density at radius 3 is 2.80 bits per heavy atom. The second-order valence-corrected chi connectivity index (χ2v) is 3.16. The van der Waals surface area contributed by atoms with Crippen molar-refractivity contribution < 1.29 is 4.74 Å². The molecule has 0 saturated heterocycles. The molecular formula is C10H12ClN3O. The van der Waals surface area contributed by atoms with E-state index in [0.717, 1.165) is 19.3 Å². The Morgan fingerprint density at radius 1 is 1.33 bits per heavy atom. The van der Waals surface area contributed by atoms with Crippen molar-refractivity contribution in [2.75, 3.05) is 7.11 Å². The highest BCUT2D eigenvalue weighted by Gasteiger charge is 2.01. The van der Waals surface area contributed by atoms with Crippen LogP contribution in [-0.2, 0) is 0 Å². The predicted octanol–water partition coefficient (Wildman–Crippen LogP) is 2.08. The smallest absolute Gasteiger partial charge is 0.321 e. The number of unbranched alkanes of at least 4 members (excludes halogenated alkanes) is 2. The van der Waals surface area contributed by atoms with E-state index in [4.69, 9.17) is 16.3 Å². The molecule has 0 aliphatic carbocycles. The number of hydrogen-bond donors (Lipinski definition) is 0. The van der Waals surface area contributed by atoms with E-state index in [1.165, 1.54) is 7.11 Å². The number of rotatable bonds is 3. The van der Waals surface area contributed by atoms with E-state index in [0.29, 0.717) is 5.82 Å². The molecule has 0 aliphatic heterocycles. The van der Waals surface area contributed by atoms with Gasteiger partial charge < -0.3 is 4.74 Å². The summed E-state index contributed by atoms with van der Waals surface area (Å²) in [6.07, 6.45) is 3.03. The Bertz CT molecular complexity index is 384. The summed E-state index contributed by atoms with van der Waals surface area (Å²) >= 11 is 5.66. The average molecular weight is 226 g/mol. The summed E-state index contributed by atoms with van der Waals surface area (Å²) in [5.74, 6) is 6.13. The summed E-state index contributed by atoms with van der Waals surface area (Å²) < 4.78 is 4.85. The molecule has 1 heterocycles. The Morgan fingerprint density at radius 2 is 2.13 bits per heavy atom. The molecule has 1 aromatic rings. The van der Waals surface area contributed by atoms with Gasteiger partial charge in [0.05, 0.1) is 7.11 Å². The van der Waals surface area contributed by atoms with Crippen molar-refractivity contribution in [1.82, 2.24) is 15.0 Å². The standard InChI is InChI=1S/C10H12ClN3O/c1-3-4-5-6-7-8-12-9(11)14-10(13-8)15-2/h3-5H2,1-2H3. The number of halogens is 1. The first-order valence-corrected chi connectivity index (χ1v) is 5.08. The van der Waals surface area contributed by atoms with Crippen LogP contribution >= 0.6 is 11.6 Å². The zero-order valence-electron chi connectivity index (χ0n) is 8.75. The molecular weight excluding hydrogens is 214 g/mol. The van der Waals surface area contributed by atoms with Crippen molar-refractivity contribution in [3.63, 3.8) is 0 Å². The molecule has 0 aliphatic rings. The molecule has 0 unspecified atom stereocenters. The average Bonchev–Trinajstić information content (AvgIpc) is 2.23. The van der Waals surface area contributed by atoms with Crippen molar-refractivity contribution in [2.45, 2.75) is 26.2 Å². The van der Waals surface area contributed by atoms with Gasteiger partial charge in [-0.15, -0.1) is 0 Å². The Labute approximate surface area is 94.1 Å². The number of aromatic nitrogens is 3. The van der Waals surface area contributed by atoms with E-state index in [2.05, 4.69) is 33.7 Å². The largest absolute Gasteiger partial charge is 0.467 e. The minimum absolute atomic E-state index is 0.0987. The van der Waals surface area contributed by atoms with Gasteiger partial charge in [-0.2, -0.15) is 15.0 Å². The van der Waals surface area contributed by atoms with Crippen LogP contribution in [0.1, 0.15) is 32.0 Å². The van der Waals surface area contributed by atoms with Gasteiger partial charge >= 0.3 is 6.01 Å². The second-order valence-electron chi connectivity index (χ2n) is 2.82. The van der Waals surface area contributed by atoms with Gasteiger partial charge in [0.25, 0.3) is 0 Å². The third-order valence-electron chi connectivity index (χ3n) is 1.63. The molecule has 1 rings (SSSR count). The summed E-state index contributed by atoms with van der Waals surface area (Å²) in [6.45, 7) is 2.12. The Kier molecular flexibility index (Phi) is 4.85. The topological polar surface area (TPSA) is 47.9 Å². The van der Waals surface area contributed by atoms with E-state index in [1.807, 2.05) is 0 Å². The minimum atomic E-state index is 0.0987. The molecule has 0 atom stereocenters. The van der Waals surface area contributed by atoms with Gasteiger partial charge in [-0.1, -0.05) is 19.3 Å². The first kappa shape index (κ1) is 11.7. The molecule has 15 heavy (non-hydrogen) atoms. The maximum Gasteiger partial charge on any atom is 0.321 e. The quantitative estimate of drug-likeness (QED) is 0.584. The molecule has 0 saturated carbocycles. The van der Waals surface area contributed by atoms with E-state index in [1.54, 1.807) is 0 Å². The van der Waals surface area contributed by atoms with Crippen LogP contribution in [0.3, 0.4) is 0 Å². The second kappa shape index (κ2) is 6.20. The van der Waals surface area contributed by atoms with Crippen LogP contribution in [0.2, 0.25) is 5.28 Å². The number of ether oxygens (including phenoxy) is 1. The molecule has 80 valence electrons. The molecule has 4 nitrogen and oxygen atoms in total. The van der Waals surface area contributed by atoms with E-state index in [-0.39, 0.29) is 11.3 Å². The van der Waals surface area contributed by atoms with Crippen LogP contribution in [0.5, 0.6) is 6.01 Å². The van der Waals surface area contributed by atoms with Crippen LogP contribution in [0.15, 0.2) is 0 Å². The van der Waals surface area contributed by atoms with Gasteiger partial charge in [-0.05, 0) is 23.9 Å². The molecule has 0 N–H and O–H groups in total. The first-order valence-electron chi connectivity index (χ1n) is 4.70. The molecule has 0 amide bonds. The third-order valence-corrected chi connectivity index (χ3v) is 1.79. The fourth-order valence-corrected chi connectivity index (χ4v) is 1.04. The lowest BCUT2D eigenvalue weighted by molar-refractivity contribution is 0.377. The van der Waals surface area contributed by atoms with Crippen molar-refractivity contribution >= 4 is 11.6 Å². The van der Waals surface area contributed by atoms with Gasteiger partial charge in [-0.25, -0.2) is 0 Å². The fourth-order valence-electron chi connectivity index (χ4n) is 0.886. The van der Waals surface area contributed by atoms with Gasteiger partial charge in [0.1, 0.15) is 0 Å². The lowest BCUT2D eigenvalue weighted by Gasteiger charge is -1.96. The zero-order valence-corrected chi connectivity index (χ0v) is 9.51. The number of nitrogens with zero attached hydrogens (tertiary/aromatic N) is 3. The first-order chi connectivity index (χ1) is 7.26. The van der Waals surface area contributed by atoms with Gasteiger partial charge in [0, 0.05) is 6.42 Å². The SMILES string of the molecule is CCCCC#Cc1nc(Cl)nc(OC)n1. The summed E-state index contributed by atoms with van der Waals surface area (Å²) in [4.78, 5) is 11.6. The monoisotopic (exact) mass is 225 g/mol. The Balaban J connectivity index is 2.74. The van der Waals surface area contributed by atoms with Crippen LogP contribution in [0.25, 0.3) is 0 Å². The summed E-state index contributed by atoms with van der Waals surface area (Å²) in [5, 5.41) is 0.0987. The van der Waals surface area contributed by atoms with Gasteiger partial charge in [0.15, 0.2) is 0 Å². The highest BCUT2D eigenvalue weighted by Crippen LogP contribution is 2.06. The number of hydrogen-bond acceptors (Lipinski definition) is 4. The third kappa shape index (κ3) is 4.13. The van der Waals surface area contributed by atoms with Crippen LogP contribution in [0, 0.1) is 11.8 Å². The maximum absolute atomic E-state index is 5.66. The molecule has 0 fully saturated rings. The van der Waals surface area contributed by atoms with Crippen molar-refractivity contribution in [3.8, 4) is 17.9 Å². The fraction of sp³-hybridized carbons (Fsp3) is 0.500. The molecule has 0 aromatic carbocycles. The lowest BCUT2D eigenvalue weighted by atomic mass is 10.2. The van der Waals surface area contributed by atoms with Crippen LogP contribution in [0.4, 0.5) is 0 Å². The van der Waals surface area contributed by atoms with Gasteiger partial charge in [0.2, 0.25) is 11.1 Å². The minimum Gasteiger partial charge on any atom is -0.467 e. The summed E-state index contributed by atoms with van der Waals surface area (Å²) in [6, 6.07) is 0.190. The maximum atomic E-state index is 5.66. The van der Waals surface area contributed by atoms with Gasteiger partial charge in [-0.3, -0.25) is 0 Å². The molecule has 0 radical (unpaired) electrons. The Hall–Kier alpha value is -1.34. The normalized spacial score (nSPS) is 9.27. The summed E-state index contributed by atoms with van der Waals surface area (Å²) in [5.41, 5.74) is 0. The predicted molar refractivity (Wildman–Crippen MR) is 57.8 cm³/mol. The highest BCUT2D eigenvalue weighted by atomic mass is 35.5. The number of methoxy groups -OCH3 is 1. The van der Waals surface area contributed by atoms with E-state index >= 15 is 0 Å². The highest BCUT2D eigenvalue weighted by molar-refractivity contribution is 6.28. The lowest BCUT2D eigenvalue weighted by Crippen LogP contribution is -1.98. The van der Waals surface area contributed by atoms with E-state index in [9.17, 15) is 0 Å². The summed E-state index contributed by atoms with van der Waals surface area (Å²) in [7, 11) is 1.47.